The van der Waals surface area contributed by atoms with Crippen LogP contribution in [-0.2, 0) is 14.3 Å². The van der Waals surface area contributed by atoms with Gasteiger partial charge in [0.05, 0.1) is 19.6 Å². The SMILES string of the molecule is O=C(CCBr)OCC[NH+]1CCOCC1. The van der Waals surface area contributed by atoms with E-state index in [1.54, 1.807) is 0 Å². The predicted molar refractivity (Wildman–Crippen MR) is 55.8 cm³/mol. The first kappa shape index (κ1) is 11.9. The first-order valence-electron chi connectivity index (χ1n) is 4.96. The number of carbonyl (C=O) groups excluding carboxylic acids is 1. The molecule has 0 amide bonds. The molecule has 0 spiro atoms. The van der Waals surface area contributed by atoms with Crippen molar-refractivity contribution in [3.8, 4) is 0 Å². The number of hydrogen-bond donors (Lipinski definition) is 1. The smallest absolute Gasteiger partial charge is 0.306 e. The number of nitrogens with one attached hydrogen (secondary N) is 1. The molecule has 0 aromatic carbocycles. The summed E-state index contributed by atoms with van der Waals surface area (Å²) in [5.74, 6) is -0.116. The molecule has 1 aliphatic heterocycles. The van der Waals surface area contributed by atoms with Crippen LogP contribution in [0.2, 0.25) is 0 Å². The molecular weight excluding hydrogens is 250 g/mol. The number of morpholine rings is 1. The highest BCUT2D eigenvalue weighted by Gasteiger charge is 2.13. The molecule has 5 heteroatoms. The van der Waals surface area contributed by atoms with E-state index in [2.05, 4.69) is 15.9 Å². The lowest BCUT2D eigenvalue weighted by atomic mass is 10.4. The van der Waals surface area contributed by atoms with Gasteiger partial charge in [0, 0.05) is 5.33 Å². The van der Waals surface area contributed by atoms with Crippen LogP contribution in [0.4, 0.5) is 0 Å². The fourth-order valence-corrected chi connectivity index (χ4v) is 1.69. The van der Waals surface area contributed by atoms with Crippen molar-refractivity contribution in [2.45, 2.75) is 6.42 Å². The summed E-state index contributed by atoms with van der Waals surface area (Å²) < 4.78 is 10.3. The first-order chi connectivity index (χ1) is 6.83. The summed E-state index contributed by atoms with van der Waals surface area (Å²) in [7, 11) is 0. The summed E-state index contributed by atoms with van der Waals surface area (Å²) in [6, 6.07) is 0. The number of halogens is 1. The van der Waals surface area contributed by atoms with E-state index < -0.39 is 0 Å². The van der Waals surface area contributed by atoms with Gasteiger partial charge >= 0.3 is 5.97 Å². The number of quaternary nitrogens is 1. The zero-order valence-corrected chi connectivity index (χ0v) is 9.85. The lowest BCUT2D eigenvalue weighted by Gasteiger charge is -2.23. The number of ether oxygens (including phenoxy) is 2. The predicted octanol–water partition coefficient (Wildman–Crippen LogP) is -0.770. The van der Waals surface area contributed by atoms with E-state index in [9.17, 15) is 4.79 Å². The van der Waals surface area contributed by atoms with E-state index in [1.807, 2.05) is 0 Å². The van der Waals surface area contributed by atoms with Crippen LogP contribution in [0.15, 0.2) is 0 Å². The van der Waals surface area contributed by atoms with Gasteiger partial charge in [0.2, 0.25) is 0 Å². The molecule has 0 unspecified atom stereocenters. The molecule has 0 aromatic heterocycles. The van der Waals surface area contributed by atoms with Gasteiger partial charge in [-0.25, -0.2) is 0 Å². The molecule has 0 saturated carbocycles. The van der Waals surface area contributed by atoms with Crippen molar-refractivity contribution in [1.82, 2.24) is 0 Å². The maximum atomic E-state index is 11.0. The van der Waals surface area contributed by atoms with Crippen LogP contribution in [0, 0.1) is 0 Å². The molecule has 14 heavy (non-hydrogen) atoms. The van der Waals surface area contributed by atoms with Gasteiger partial charge in [-0.05, 0) is 0 Å². The largest absolute Gasteiger partial charge is 0.460 e. The highest BCUT2D eigenvalue weighted by atomic mass is 79.9. The topological polar surface area (TPSA) is 40.0 Å². The highest BCUT2D eigenvalue weighted by Crippen LogP contribution is 1.90. The third-order valence-corrected chi connectivity index (χ3v) is 2.61. The van der Waals surface area contributed by atoms with Crippen LogP contribution in [0.5, 0.6) is 0 Å². The summed E-state index contributed by atoms with van der Waals surface area (Å²) in [5.41, 5.74) is 0. The van der Waals surface area contributed by atoms with Crippen LogP contribution in [0.3, 0.4) is 0 Å². The summed E-state index contributed by atoms with van der Waals surface area (Å²) in [4.78, 5) is 12.5. The molecule has 1 rings (SSSR count). The number of carbonyl (C=O) groups is 1. The van der Waals surface area contributed by atoms with Gasteiger partial charge < -0.3 is 14.4 Å². The average molecular weight is 267 g/mol. The van der Waals surface area contributed by atoms with Crippen LogP contribution in [0.1, 0.15) is 6.42 Å². The minimum Gasteiger partial charge on any atom is -0.460 e. The fourth-order valence-electron chi connectivity index (χ4n) is 1.37. The first-order valence-corrected chi connectivity index (χ1v) is 6.08. The van der Waals surface area contributed by atoms with Gasteiger partial charge in [0.15, 0.2) is 0 Å². The molecule has 0 aromatic rings. The summed E-state index contributed by atoms with van der Waals surface area (Å²) in [5, 5.41) is 0.677. The van der Waals surface area contributed by atoms with Gasteiger partial charge in [-0.1, -0.05) is 15.9 Å². The molecule has 1 aliphatic rings. The van der Waals surface area contributed by atoms with Gasteiger partial charge in [0.1, 0.15) is 26.2 Å². The molecular formula is C9H17BrNO3+. The van der Waals surface area contributed by atoms with Crippen LogP contribution in [-0.4, -0.2) is 50.8 Å². The quantitative estimate of drug-likeness (QED) is 0.525. The Morgan fingerprint density at radius 2 is 2.14 bits per heavy atom. The summed E-state index contributed by atoms with van der Waals surface area (Å²) in [6.45, 7) is 5.12. The Bertz CT molecular complexity index is 171. The molecule has 1 saturated heterocycles. The Hall–Kier alpha value is -0.130. The Morgan fingerprint density at radius 1 is 1.43 bits per heavy atom. The van der Waals surface area contributed by atoms with Crippen molar-refractivity contribution in [3.05, 3.63) is 0 Å². The molecule has 1 fully saturated rings. The molecule has 82 valence electrons. The molecule has 0 aliphatic carbocycles. The number of hydrogen-bond acceptors (Lipinski definition) is 3. The van der Waals surface area contributed by atoms with E-state index in [0.29, 0.717) is 18.4 Å². The minimum atomic E-state index is -0.116. The van der Waals surface area contributed by atoms with E-state index in [-0.39, 0.29) is 5.97 Å². The Morgan fingerprint density at radius 3 is 2.79 bits per heavy atom. The number of alkyl halides is 1. The van der Waals surface area contributed by atoms with E-state index >= 15 is 0 Å². The van der Waals surface area contributed by atoms with Crippen LogP contribution >= 0.6 is 15.9 Å². The van der Waals surface area contributed by atoms with E-state index in [0.717, 1.165) is 32.8 Å². The molecule has 0 bridgehead atoms. The Balaban J connectivity index is 1.99. The van der Waals surface area contributed by atoms with Crippen molar-refractivity contribution in [1.29, 1.82) is 0 Å². The van der Waals surface area contributed by atoms with Gasteiger partial charge in [-0.15, -0.1) is 0 Å². The van der Waals surface area contributed by atoms with Crippen molar-refractivity contribution in [3.63, 3.8) is 0 Å². The fraction of sp³-hybridized carbons (Fsp3) is 0.889. The minimum absolute atomic E-state index is 0.116. The second-order valence-corrected chi connectivity index (χ2v) is 4.06. The molecule has 4 nitrogen and oxygen atoms in total. The average Bonchev–Trinajstić information content (AvgIpc) is 2.20. The third kappa shape index (κ3) is 4.93. The van der Waals surface area contributed by atoms with Crippen molar-refractivity contribution >= 4 is 21.9 Å². The lowest BCUT2D eigenvalue weighted by molar-refractivity contribution is -0.908. The molecule has 1 heterocycles. The van der Waals surface area contributed by atoms with E-state index in [1.165, 1.54) is 4.90 Å². The Labute approximate surface area is 92.7 Å². The van der Waals surface area contributed by atoms with Crippen LogP contribution in [0.25, 0.3) is 0 Å². The van der Waals surface area contributed by atoms with Gasteiger partial charge in [-0.3, -0.25) is 4.79 Å². The van der Waals surface area contributed by atoms with E-state index in [4.69, 9.17) is 9.47 Å². The Kier molecular flexibility index (Phi) is 6.14. The number of esters is 1. The normalized spacial score (nSPS) is 18.1. The number of rotatable bonds is 5. The van der Waals surface area contributed by atoms with Crippen molar-refractivity contribution in [2.75, 3.05) is 44.8 Å². The molecule has 0 atom stereocenters. The second kappa shape index (κ2) is 7.20. The zero-order valence-electron chi connectivity index (χ0n) is 8.26. The standard InChI is InChI=1S/C9H16BrNO3/c10-2-1-9(12)14-8-5-11-3-6-13-7-4-11/h1-8H2/p+1. The monoisotopic (exact) mass is 266 g/mol. The second-order valence-electron chi connectivity index (χ2n) is 3.27. The van der Waals surface area contributed by atoms with Crippen LogP contribution < -0.4 is 4.90 Å². The zero-order chi connectivity index (χ0) is 10.2. The maximum Gasteiger partial charge on any atom is 0.306 e. The van der Waals surface area contributed by atoms with Gasteiger partial charge in [0.25, 0.3) is 0 Å². The summed E-state index contributed by atoms with van der Waals surface area (Å²) >= 11 is 3.20. The van der Waals surface area contributed by atoms with Crippen molar-refractivity contribution < 1.29 is 19.2 Å². The summed E-state index contributed by atoms with van der Waals surface area (Å²) in [6.07, 6.45) is 0.457. The lowest BCUT2D eigenvalue weighted by Crippen LogP contribution is -3.14. The van der Waals surface area contributed by atoms with Gasteiger partial charge in [-0.2, -0.15) is 0 Å². The molecule has 1 N–H and O–H groups in total. The van der Waals surface area contributed by atoms with Crippen molar-refractivity contribution in [2.24, 2.45) is 0 Å². The highest BCUT2D eigenvalue weighted by molar-refractivity contribution is 9.09. The third-order valence-electron chi connectivity index (χ3n) is 2.22. The molecule has 0 radical (unpaired) electrons. The maximum absolute atomic E-state index is 11.0.